The van der Waals surface area contributed by atoms with Crippen LogP contribution in [-0.4, -0.2) is 27.2 Å². The lowest BCUT2D eigenvalue weighted by atomic mass is 10.1. The van der Waals surface area contributed by atoms with Gasteiger partial charge in [-0.3, -0.25) is 0 Å². The van der Waals surface area contributed by atoms with Crippen LogP contribution in [0.1, 0.15) is 0 Å². The molecule has 2 N–H and O–H groups in total. The number of benzene rings is 1. The monoisotopic (exact) mass is 364 g/mol. The van der Waals surface area contributed by atoms with E-state index in [1.807, 2.05) is 23.7 Å². The Bertz CT molecular complexity index is 1000. The Morgan fingerprint density at radius 2 is 1.88 bits per heavy atom. The number of fused-ring (bicyclic) bond motifs is 2. The van der Waals surface area contributed by atoms with Crippen molar-refractivity contribution in [1.29, 1.82) is 0 Å². The number of carboxylic acids is 1. The van der Waals surface area contributed by atoms with Crippen LogP contribution in [0.25, 0.3) is 31.6 Å². The number of carbonyl (C=O) groups is 1. The third-order valence-electron chi connectivity index (χ3n) is 3.39. The molecule has 8 heteroatoms. The van der Waals surface area contributed by atoms with Crippen LogP contribution in [0.3, 0.4) is 0 Å². The molecule has 0 radical (unpaired) electrons. The van der Waals surface area contributed by atoms with E-state index in [1.54, 1.807) is 0 Å². The van der Waals surface area contributed by atoms with Crippen LogP contribution in [0.5, 0.6) is 0 Å². The van der Waals surface area contributed by atoms with E-state index in [-0.39, 0.29) is 0 Å². The van der Waals surface area contributed by atoms with Crippen molar-refractivity contribution in [3.63, 3.8) is 0 Å². The summed E-state index contributed by atoms with van der Waals surface area (Å²) >= 11 is 1.83. The van der Waals surface area contributed by atoms with Gasteiger partial charge < -0.3 is 10.1 Å². The predicted octanol–water partition coefficient (Wildman–Crippen LogP) is 5.08. The standard InChI is InChI=1S/C15H10N2S.C2HF3O2/c1-2-4-13-10(3-1)9-14(18-13)11-5-7-16-15-12(11)6-8-17-15;3-2(4,5)1(6)7/h1-9H,(H,16,17);(H,6,7). The number of aromatic amines is 1. The lowest BCUT2D eigenvalue weighted by Crippen LogP contribution is -2.21. The van der Waals surface area contributed by atoms with E-state index < -0.39 is 12.1 Å². The zero-order chi connectivity index (χ0) is 18.0. The third kappa shape index (κ3) is 3.63. The van der Waals surface area contributed by atoms with Crippen LogP contribution in [0, 0.1) is 0 Å². The topological polar surface area (TPSA) is 66.0 Å². The second-order valence-corrected chi connectivity index (χ2v) is 6.13. The minimum absolute atomic E-state index is 0.949. The number of thiophene rings is 1. The van der Waals surface area contributed by atoms with Crippen molar-refractivity contribution < 1.29 is 23.1 Å². The van der Waals surface area contributed by atoms with Crippen molar-refractivity contribution >= 4 is 38.4 Å². The number of rotatable bonds is 1. The highest BCUT2D eigenvalue weighted by molar-refractivity contribution is 7.22. The molecule has 4 nitrogen and oxygen atoms in total. The fourth-order valence-corrected chi connectivity index (χ4v) is 3.39. The summed E-state index contributed by atoms with van der Waals surface area (Å²) < 4.78 is 33.1. The summed E-state index contributed by atoms with van der Waals surface area (Å²) in [5, 5.41) is 9.61. The van der Waals surface area contributed by atoms with E-state index in [2.05, 4.69) is 52.4 Å². The molecule has 3 aromatic heterocycles. The summed E-state index contributed by atoms with van der Waals surface area (Å²) in [6.45, 7) is 0. The SMILES string of the molecule is O=C(O)C(F)(F)F.c1ccc2sc(-c3ccnc4[nH]ccc34)cc2c1. The molecule has 0 spiro atoms. The van der Waals surface area contributed by atoms with Crippen LogP contribution in [0.2, 0.25) is 0 Å². The molecule has 1 aromatic carbocycles. The van der Waals surface area contributed by atoms with Crippen molar-refractivity contribution in [2.45, 2.75) is 6.18 Å². The molecule has 3 heterocycles. The van der Waals surface area contributed by atoms with Gasteiger partial charge in [-0.2, -0.15) is 13.2 Å². The van der Waals surface area contributed by atoms with Gasteiger partial charge in [0.1, 0.15) is 5.65 Å². The summed E-state index contributed by atoms with van der Waals surface area (Å²) in [6, 6.07) is 14.9. The Morgan fingerprint density at radius 3 is 2.56 bits per heavy atom. The number of alkyl halides is 3. The molecule has 0 amide bonds. The van der Waals surface area contributed by atoms with Gasteiger partial charge in [0.05, 0.1) is 0 Å². The summed E-state index contributed by atoms with van der Waals surface area (Å²) in [6.07, 6.45) is -1.28. The Kier molecular flexibility index (Phi) is 4.45. The Labute approximate surface area is 143 Å². The second kappa shape index (κ2) is 6.56. The molecule has 0 saturated carbocycles. The van der Waals surface area contributed by atoms with Crippen molar-refractivity contribution in [3.8, 4) is 10.4 Å². The van der Waals surface area contributed by atoms with E-state index in [0.29, 0.717) is 0 Å². The zero-order valence-corrected chi connectivity index (χ0v) is 13.4. The number of halogens is 3. The fraction of sp³-hybridized carbons (Fsp3) is 0.0588. The van der Waals surface area contributed by atoms with Crippen molar-refractivity contribution in [3.05, 3.63) is 54.9 Å². The number of hydrogen-bond acceptors (Lipinski definition) is 3. The minimum Gasteiger partial charge on any atom is -0.475 e. The number of nitrogens with zero attached hydrogens (tertiary/aromatic N) is 1. The molecule has 4 aromatic rings. The maximum atomic E-state index is 10.6. The summed E-state index contributed by atoms with van der Waals surface area (Å²) in [4.78, 5) is 17.7. The van der Waals surface area contributed by atoms with Crippen molar-refractivity contribution in [2.75, 3.05) is 0 Å². The Hall–Kier alpha value is -2.87. The van der Waals surface area contributed by atoms with Gasteiger partial charge in [-0.05, 0) is 29.7 Å². The first kappa shape index (κ1) is 17.0. The third-order valence-corrected chi connectivity index (χ3v) is 4.54. The molecule has 0 unspecified atom stereocenters. The maximum absolute atomic E-state index is 10.6. The minimum atomic E-state index is -5.08. The average Bonchev–Trinajstić information content (AvgIpc) is 3.20. The maximum Gasteiger partial charge on any atom is 0.490 e. The molecule has 0 atom stereocenters. The second-order valence-electron chi connectivity index (χ2n) is 5.05. The van der Waals surface area contributed by atoms with Crippen LogP contribution in [-0.2, 0) is 4.79 Å². The van der Waals surface area contributed by atoms with Crippen LogP contribution in [0.4, 0.5) is 13.2 Å². The Balaban J connectivity index is 0.000000225. The summed E-state index contributed by atoms with van der Waals surface area (Å²) in [5.41, 5.74) is 2.20. The van der Waals surface area contributed by atoms with E-state index in [0.717, 1.165) is 5.65 Å². The number of aliphatic carboxylic acids is 1. The van der Waals surface area contributed by atoms with Gasteiger partial charge in [0, 0.05) is 32.9 Å². The van der Waals surface area contributed by atoms with Gasteiger partial charge in [-0.25, -0.2) is 9.78 Å². The molecule has 0 aliphatic heterocycles. The molecule has 0 aliphatic carbocycles. The quantitative estimate of drug-likeness (QED) is 0.495. The Morgan fingerprint density at radius 1 is 1.16 bits per heavy atom. The van der Waals surface area contributed by atoms with Crippen molar-refractivity contribution in [1.82, 2.24) is 9.97 Å². The van der Waals surface area contributed by atoms with Gasteiger partial charge in [-0.15, -0.1) is 11.3 Å². The van der Waals surface area contributed by atoms with E-state index >= 15 is 0 Å². The average molecular weight is 364 g/mol. The first-order chi connectivity index (χ1) is 11.9. The smallest absolute Gasteiger partial charge is 0.475 e. The van der Waals surface area contributed by atoms with Crippen LogP contribution in [0.15, 0.2) is 54.9 Å². The molecule has 128 valence electrons. The zero-order valence-electron chi connectivity index (χ0n) is 12.5. The molecule has 4 rings (SSSR count). The van der Waals surface area contributed by atoms with Gasteiger partial charge in [0.25, 0.3) is 0 Å². The molecule has 0 aliphatic rings. The van der Waals surface area contributed by atoms with Crippen LogP contribution < -0.4 is 0 Å². The lowest BCUT2D eigenvalue weighted by molar-refractivity contribution is -0.192. The number of nitrogens with one attached hydrogen (secondary N) is 1. The highest BCUT2D eigenvalue weighted by Crippen LogP contribution is 2.36. The molecule has 0 saturated heterocycles. The highest BCUT2D eigenvalue weighted by Gasteiger charge is 2.38. The lowest BCUT2D eigenvalue weighted by Gasteiger charge is -1.98. The molecule has 25 heavy (non-hydrogen) atoms. The van der Waals surface area contributed by atoms with E-state index in [4.69, 9.17) is 9.90 Å². The number of aromatic nitrogens is 2. The van der Waals surface area contributed by atoms with Crippen molar-refractivity contribution in [2.24, 2.45) is 0 Å². The summed E-state index contributed by atoms with van der Waals surface area (Å²) in [7, 11) is 0. The molecular weight excluding hydrogens is 353 g/mol. The van der Waals surface area contributed by atoms with Gasteiger partial charge >= 0.3 is 12.1 Å². The fourth-order valence-electron chi connectivity index (χ4n) is 2.29. The van der Waals surface area contributed by atoms with Gasteiger partial charge in [-0.1, -0.05) is 18.2 Å². The molecule has 0 fully saturated rings. The first-order valence-corrected chi connectivity index (χ1v) is 7.89. The predicted molar refractivity (Wildman–Crippen MR) is 90.6 cm³/mol. The molecular formula is C17H11F3N2O2S. The van der Waals surface area contributed by atoms with E-state index in [1.165, 1.54) is 25.9 Å². The first-order valence-electron chi connectivity index (χ1n) is 7.07. The number of hydrogen-bond donors (Lipinski definition) is 2. The number of H-pyrrole nitrogens is 1. The van der Waals surface area contributed by atoms with Gasteiger partial charge in [0.15, 0.2) is 0 Å². The van der Waals surface area contributed by atoms with Crippen LogP contribution >= 0.6 is 11.3 Å². The normalized spacial score (nSPS) is 11.3. The van der Waals surface area contributed by atoms with E-state index in [9.17, 15) is 13.2 Å². The highest BCUT2D eigenvalue weighted by atomic mass is 32.1. The number of carboxylic acid groups (broad SMARTS) is 1. The molecule has 0 bridgehead atoms. The largest absolute Gasteiger partial charge is 0.490 e. The summed E-state index contributed by atoms with van der Waals surface area (Å²) in [5.74, 6) is -2.76. The number of pyridine rings is 1. The van der Waals surface area contributed by atoms with Gasteiger partial charge in [0.2, 0.25) is 0 Å².